The molecule has 4 rings (SSSR count). The van der Waals surface area contributed by atoms with Crippen molar-refractivity contribution < 1.29 is 14.6 Å². The molecular weight excluding hydrogens is 388 g/mol. The molecule has 2 N–H and O–H groups in total. The molecule has 3 aromatic carbocycles. The van der Waals surface area contributed by atoms with Gasteiger partial charge in [-0.1, -0.05) is 54.5 Å². The van der Waals surface area contributed by atoms with Crippen molar-refractivity contribution in [2.75, 3.05) is 0 Å². The molecule has 0 radical (unpaired) electrons. The van der Waals surface area contributed by atoms with Crippen molar-refractivity contribution in [3.05, 3.63) is 83.9 Å². The smallest absolute Gasteiger partial charge is 0.304 e. The monoisotopic (exact) mass is 410 g/mol. The van der Waals surface area contributed by atoms with E-state index in [4.69, 9.17) is 9.84 Å². The van der Waals surface area contributed by atoms with Crippen molar-refractivity contribution in [3.63, 3.8) is 0 Å². The molecule has 0 aliphatic carbocycles. The summed E-state index contributed by atoms with van der Waals surface area (Å²) in [6.07, 6.45) is -0.0153. The van der Waals surface area contributed by atoms with E-state index in [1.165, 1.54) is 0 Å². The normalized spacial score (nSPS) is 11.5. The minimum atomic E-state index is -0.862. The number of hydrogen-bond acceptors (Lipinski definition) is 3. The zero-order valence-corrected chi connectivity index (χ0v) is 17.1. The Kier molecular flexibility index (Phi) is 6.00. The number of carboxylic acids is 1. The van der Waals surface area contributed by atoms with Crippen molar-refractivity contribution in [1.29, 1.82) is 0 Å². The van der Waals surface area contributed by atoms with Crippen LogP contribution < -0.4 is 4.74 Å². The zero-order valence-electron chi connectivity index (χ0n) is 17.1. The Bertz CT molecular complexity index is 1210. The van der Waals surface area contributed by atoms with E-state index in [1.54, 1.807) is 6.92 Å². The van der Waals surface area contributed by atoms with Crippen molar-refractivity contribution in [3.8, 4) is 29.0 Å². The predicted molar refractivity (Wildman–Crippen MR) is 121 cm³/mol. The largest absolute Gasteiger partial charge is 0.489 e. The molecule has 0 amide bonds. The summed E-state index contributed by atoms with van der Waals surface area (Å²) in [4.78, 5) is 19.0. The van der Waals surface area contributed by atoms with Crippen molar-refractivity contribution in [2.24, 2.45) is 0 Å². The number of para-hydroxylation sites is 2. The number of aromatic nitrogens is 2. The van der Waals surface area contributed by atoms with Gasteiger partial charge in [-0.15, -0.1) is 5.92 Å². The van der Waals surface area contributed by atoms with E-state index in [2.05, 4.69) is 21.8 Å². The molecule has 0 aliphatic rings. The second-order valence-electron chi connectivity index (χ2n) is 7.20. The summed E-state index contributed by atoms with van der Waals surface area (Å²) < 4.78 is 5.89. The number of carboxylic acid groups (broad SMARTS) is 1. The summed E-state index contributed by atoms with van der Waals surface area (Å²) in [5.41, 5.74) is 4.90. The van der Waals surface area contributed by atoms with Gasteiger partial charge in [0, 0.05) is 5.56 Å². The first-order valence-electron chi connectivity index (χ1n) is 10.0. The van der Waals surface area contributed by atoms with Gasteiger partial charge in [-0.2, -0.15) is 0 Å². The van der Waals surface area contributed by atoms with Gasteiger partial charge < -0.3 is 14.8 Å². The molecule has 0 aliphatic heterocycles. The Morgan fingerprint density at radius 3 is 2.48 bits per heavy atom. The summed E-state index contributed by atoms with van der Waals surface area (Å²) in [5, 5.41) is 9.07. The highest BCUT2D eigenvalue weighted by Gasteiger charge is 2.13. The van der Waals surface area contributed by atoms with Crippen LogP contribution in [0.5, 0.6) is 5.75 Å². The molecule has 0 bridgehead atoms. The summed E-state index contributed by atoms with van der Waals surface area (Å²) in [7, 11) is 0. The van der Waals surface area contributed by atoms with E-state index in [9.17, 15) is 4.79 Å². The van der Waals surface area contributed by atoms with Gasteiger partial charge in [-0.3, -0.25) is 4.79 Å². The lowest BCUT2D eigenvalue weighted by Crippen LogP contribution is -2.04. The van der Waals surface area contributed by atoms with Gasteiger partial charge in [-0.05, 0) is 42.3 Å². The topological polar surface area (TPSA) is 75.2 Å². The third-order valence-corrected chi connectivity index (χ3v) is 5.00. The lowest BCUT2D eigenvalue weighted by Gasteiger charge is -2.11. The molecule has 154 valence electrons. The number of nitrogens with one attached hydrogen (secondary N) is 1. The first kappa shape index (κ1) is 20.2. The number of benzene rings is 3. The van der Waals surface area contributed by atoms with Crippen LogP contribution in [-0.4, -0.2) is 21.0 Å². The standard InChI is InChI=1S/C26H22N2O3/c1-2-5-21(16-25(29)30)19-12-14-22(15-13-19)31-17-18-8-10-20(11-9-18)26-27-23-6-3-4-7-24(23)28-26/h3-4,6-15,21H,16-17H2,1H3,(H,27,28)(H,29,30). The number of carbonyl (C=O) groups is 1. The van der Waals surface area contributed by atoms with E-state index in [0.717, 1.165) is 39.3 Å². The molecule has 5 nitrogen and oxygen atoms in total. The van der Waals surface area contributed by atoms with E-state index >= 15 is 0 Å². The van der Waals surface area contributed by atoms with Gasteiger partial charge in [0.2, 0.25) is 0 Å². The quantitative estimate of drug-likeness (QED) is 0.401. The fourth-order valence-electron chi connectivity index (χ4n) is 3.41. The summed E-state index contributed by atoms with van der Waals surface area (Å²) in [5.74, 6) is 6.15. The highest BCUT2D eigenvalue weighted by atomic mass is 16.5. The average molecular weight is 410 g/mol. The number of imidazole rings is 1. The van der Waals surface area contributed by atoms with Crippen LogP contribution in [0.3, 0.4) is 0 Å². The highest BCUT2D eigenvalue weighted by molar-refractivity contribution is 5.79. The van der Waals surface area contributed by atoms with Gasteiger partial charge in [0.1, 0.15) is 18.2 Å². The lowest BCUT2D eigenvalue weighted by molar-refractivity contribution is -0.137. The maximum atomic E-state index is 11.0. The highest BCUT2D eigenvalue weighted by Crippen LogP contribution is 2.24. The van der Waals surface area contributed by atoms with Crippen LogP contribution in [0.15, 0.2) is 72.8 Å². The molecule has 5 heteroatoms. The Morgan fingerprint density at radius 2 is 1.81 bits per heavy atom. The Hall–Kier alpha value is -4.04. The first-order valence-corrected chi connectivity index (χ1v) is 10.0. The third-order valence-electron chi connectivity index (χ3n) is 5.00. The average Bonchev–Trinajstić information content (AvgIpc) is 3.22. The Balaban J connectivity index is 1.39. The number of ether oxygens (including phenoxy) is 1. The van der Waals surface area contributed by atoms with Crippen LogP contribution in [0, 0.1) is 11.8 Å². The van der Waals surface area contributed by atoms with E-state index in [-0.39, 0.29) is 12.3 Å². The van der Waals surface area contributed by atoms with Gasteiger partial charge in [0.25, 0.3) is 0 Å². The number of H-pyrrole nitrogens is 1. The summed E-state index contributed by atoms with van der Waals surface area (Å²) in [6.45, 7) is 2.15. The zero-order chi connectivity index (χ0) is 21.6. The predicted octanol–water partition coefficient (Wildman–Crippen LogP) is 5.39. The molecule has 1 atom stereocenters. The Morgan fingerprint density at radius 1 is 1.06 bits per heavy atom. The molecule has 1 unspecified atom stereocenters. The molecule has 4 aromatic rings. The summed E-state index contributed by atoms with van der Waals surface area (Å²) in [6, 6.07) is 23.5. The number of aliphatic carboxylic acids is 1. The minimum Gasteiger partial charge on any atom is -0.489 e. The first-order chi connectivity index (χ1) is 15.1. The van der Waals surface area contributed by atoms with Crippen molar-refractivity contribution in [1.82, 2.24) is 9.97 Å². The molecule has 0 saturated heterocycles. The minimum absolute atomic E-state index is 0.0153. The van der Waals surface area contributed by atoms with Crippen LogP contribution in [-0.2, 0) is 11.4 Å². The van der Waals surface area contributed by atoms with E-state index < -0.39 is 5.97 Å². The van der Waals surface area contributed by atoms with E-state index in [0.29, 0.717) is 6.61 Å². The number of nitrogens with zero attached hydrogens (tertiary/aromatic N) is 1. The maximum absolute atomic E-state index is 11.0. The molecule has 0 saturated carbocycles. The third kappa shape index (κ3) is 4.93. The lowest BCUT2D eigenvalue weighted by atomic mass is 9.96. The van der Waals surface area contributed by atoms with Gasteiger partial charge in [0.05, 0.1) is 23.4 Å². The van der Waals surface area contributed by atoms with Crippen LogP contribution >= 0.6 is 0 Å². The van der Waals surface area contributed by atoms with Gasteiger partial charge >= 0.3 is 5.97 Å². The van der Waals surface area contributed by atoms with Gasteiger partial charge in [0.15, 0.2) is 0 Å². The van der Waals surface area contributed by atoms with Gasteiger partial charge in [-0.25, -0.2) is 4.98 Å². The van der Waals surface area contributed by atoms with Crippen LogP contribution in [0.2, 0.25) is 0 Å². The number of aromatic amines is 1. The molecule has 31 heavy (non-hydrogen) atoms. The maximum Gasteiger partial charge on any atom is 0.304 e. The molecule has 1 heterocycles. The number of rotatable bonds is 7. The number of fused-ring (bicyclic) bond motifs is 1. The molecule has 0 fully saturated rings. The van der Waals surface area contributed by atoms with Crippen LogP contribution in [0.1, 0.15) is 30.4 Å². The van der Waals surface area contributed by atoms with Crippen molar-refractivity contribution in [2.45, 2.75) is 25.9 Å². The fourth-order valence-corrected chi connectivity index (χ4v) is 3.41. The van der Waals surface area contributed by atoms with Crippen LogP contribution in [0.4, 0.5) is 0 Å². The second kappa shape index (κ2) is 9.19. The summed E-state index contributed by atoms with van der Waals surface area (Å²) >= 11 is 0. The molecule has 0 spiro atoms. The van der Waals surface area contributed by atoms with Crippen LogP contribution in [0.25, 0.3) is 22.4 Å². The fraction of sp³-hybridized carbons (Fsp3) is 0.154. The van der Waals surface area contributed by atoms with Crippen molar-refractivity contribution >= 4 is 17.0 Å². The van der Waals surface area contributed by atoms with E-state index in [1.807, 2.05) is 72.8 Å². The number of hydrogen-bond donors (Lipinski definition) is 2. The molecule has 1 aromatic heterocycles. The SMILES string of the molecule is CC#CC(CC(=O)O)c1ccc(OCc2ccc(-c3nc4ccccc4[nH]3)cc2)cc1. The Labute approximate surface area is 180 Å². The second-order valence-corrected chi connectivity index (χ2v) is 7.20. The molecular formula is C26H22N2O3.